The minimum atomic E-state index is 0.407. The van der Waals surface area contributed by atoms with Gasteiger partial charge >= 0.3 is 0 Å². The standard InChI is InChI=1S/C14H22ClN3/c1-14(2,3)11-5-4-7-18(8-6-11)12-9-13(15)17-16-10-12/h9-11H,4-8H2,1-3H3. The van der Waals surface area contributed by atoms with Crippen molar-refractivity contribution in [3.63, 3.8) is 0 Å². The zero-order chi connectivity index (χ0) is 13.2. The van der Waals surface area contributed by atoms with E-state index in [1.807, 2.05) is 12.3 Å². The van der Waals surface area contributed by atoms with Crippen LogP contribution in [0.3, 0.4) is 0 Å². The van der Waals surface area contributed by atoms with Crippen molar-refractivity contribution in [1.82, 2.24) is 10.2 Å². The molecule has 1 saturated heterocycles. The molecule has 0 saturated carbocycles. The van der Waals surface area contributed by atoms with Crippen LogP contribution < -0.4 is 4.90 Å². The molecule has 1 aromatic rings. The summed E-state index contributed by atoms with van der Waals surface area (Å²) in [5.41, 5.74) is 1.51. The maximum atomic E-state index is 5.91. The maximum absolute atomic E-state index is 5.91. The van der Waals surface area contributed by atoms with E-state index in [1.54, 1.807) is 0 Å². The molecule has 100 valence electrons. The van der Waals surface area contributed by atoms with E-state index in [2.05, 4.69) is 35.9 Å². The van der Waals surface area contributed by atoms with Crippen LogP contribution in [0.15, 0.2) is 12.3 Å². The molecule has 0 bridgehead atoms. The van der Waals surface area contributed by atoms with Gasteiger partial charge in [-0.25, -0.2) is 0 Å². The van der Waals surface area contributed by atoms with Gasteiger partial charge in [-0.1, -0.05) is 32.4 Å². The summed E-state index contributed by atoms with van der Waals surface area (Å²) in [6.45, 7) is 9.22. The van der Waals surface area contributed by atoms with E-state index in [0.29, 0.717) is 10.6 Å². The lowest BCUT2D eigenvalue weighted by atomic mass is 9.77. The van der Waals surface area contributed by atoms with Crippen molar-refractivity contribution in [3.05, 3.63) is 17.4 Å². The zero-order valence-electron chi connectivity index (χ0n) is 11.5. The van der Waals surface area contributed by atoms with Crippen molar-refractivity contribution >= 4 is 17.3 Å². The minimum Gasteiger partial charge on any atom is -0.370 e. The summed E-state index contributed by atoms with van der Waals surface area (Å²) in [5.74, 6) is 0.799. The van der Waals surface area contributed by atoms with Crippen LogP contribution in [-0.4, -0.2) is 23.3 Å². The fourth-order valence-electron chi connectivity index (χ4n) is 2.72. The van der Waals surface area contributed by atoms with E-state index < -0.39 is 0 Å². The number of aromatic nitrogens is 2. The lowest BCUT2D eigenvalue weighted by Gasteiger charge is -2.30. The molecule has 2 rings (SSSR count). The van der Waals surface area contributed by atoms with Crippen LogP contribution in [0.4, 0.5) is 5.69 Å². The van der Waals surface area contributed by atoms with Gasteiger partial charge in [0.05, 0.1) is 11.9 Å². The maximum Gasteiger partial charge on any atom is 0.153 e. The molecule has 1 aliphatic rings. The zero-order valence-corrected chi connectivity index (χ0v) is 12.2. The van der Waals surface area contributed by atoms with Gasteiger partial charge in [-0.05, 0) is 30.6 Å². The molecule has 0 N–H and O–H groups in total. The number of nitrogens with zero attached hydrogens (tertiary/aromatic N) is 3. The van der Waals surface area contributed by atoms with E-state index in [9.17, 15) is 0 Å². The molecular formula is C14H22ClN3. The Morgan fingerprint density at radius 1 is 1.28 bits per heavy atom. The van der Waals surface area contributed by atoms with Crippen LogP contribution in [0.5, 0.6) is 0 Å². The third-order valence-electron chi connectivity index (χ3n) is 3.93. The van der Waals surface area contributed by atoms with E-state index in [-0.39, 0.29) is 0 Å². The average molecular weight is 268 g/mol. The van der Waals surface area contributed by atoms with Gasteiger partial charge in [0.25, 0.3) is 0 Å². The first-order valence-electron chi connectivity index (χ1n) is 6.70. The van der Waals surface area contributed by atoms with Crippen molar-refractivity contribution in [3.8, 4) is 0 Å². The van der Waals surface area contributed by atoms with Crippen LogP contribution in [0.2, 0.25) is 5.15 Å². The Hall–Kier alpha value is -0.830. The highest BCUT2D eigenvalue weighted by molar-refractivity contribution is 6.29. The van der Waals surface area contributed by atoms with Crippen LogP contribution in [0.25, 0.3) is 0 Å². The monoisotopic (exact) mass is 267 g/mol. The number of anilines is 1. The molecule has 1 aromatic heterocycles. The topological polar surface area (TPSA) is 29.0 Å². The quantitative estimate of drug-likeness (QED) is 0.775. The largest absolute Gasteiger partial charge is 0.370 e. The van der Waals surface area contributed by atoms with Gasteiger partial charge in [-0.3, -0.25) is 0 Å². The second kappa shape index (κ2) is 5.43. The second-order valence-corrected chi connectivity index (χ2v) is 6.60. The normalized spacial score (nSPS) is 21.8. The predicted octanol–water partition coefficient (Wildman–Crippen LogP) is 3.78. The summed E-state index contributed by atoms with van der Waals surface area (Å²) in [4.78, 5) is 2.38. The molecule has 2 heterocycles. The van der Waals surface area contributed by atoms with Crippen molar-refractivity contribution in [2.24, 2.45) is 11.3 Å². The molecule has 0 amide bonds. The van der Waals surface area contributed by atoms with Crippen LogP contribution in [0.1, 0.15) is 40.0 Å². The third kappa shape index (κ3) is 3.35. The minimum absolute atomic E-state index is 0.407. The Balaban J connectivity index is 2.05. The highest BCUT2D eigenvalue weighted by Gasteiger charge is 2.27. The third-order valence-corrected chi connectivity index (χ3v) is 4.11. The number of halogens is 1. The lowest BCUT2D eigenvalue weighted by Crippen LogP contribution is -2.26. The molecule has 1 aliphatic heterocycles. The number of hydrogen-bond donors (Lipinski definition) is 0. The summed E-state index contributed by atoms with van der Waals surface area (Å²) in [6.07, 6.45) is 5.60. The van der Waals surface area contributed by atoms with Gasteiger partial charge in [-0.15, -0.1) is 5.10 Å². The Morgan fingerprint density at radius 3 is 2.72 bits per heavy atom. The predicted molar refractivity (Wildman–Crippen MR) is 76.1 cm³/mol. The summed E-state index contributed by atoms with van der Waals surface area (Å²) < 4.78 is 0. The average Bonchev–Trinajstić information content (AvgIpc) is 2.53. The molecule has 4 heteroatoms. The fraction of sp³-hybridized carbons (Fsp3) is 0.714. The van der Waals surface area contributed by atoms with Crippen LogP contribution in [-0.2, 0) is 0 Å². The molecule has 0 aliphatic carbocycles. The highest BCUT2D eigenvalue weighted by atomic mass is 35.5. The van der Waals surface area contributed by atoms with Crippen molar-refractivity contribution in [1.29, 1.82) is 0 Å². The summed E-state index contributed by atoms with van der Waals surface area (Å²) in [6, 6.07) is 1.91. The first-order chi connectivity index (χ1) is 8.47. The van der Waals surface area contributed by atoms with E-state index >= 15 is 0 Å². The molecule has 18 heavy (non-hydrogen) atoms. The van der Waals surface area contributed by atoms with Gasteiger partial charge < -0.3 is 4.90 Å². The smallest absolute Gasteiger partial charge is 0.153 e. The Morgan fingerprint density at radius 2 is 2.06 bits per heavy atom. The highest BCUT2D eigenvalue weighted by Crippen LogP contribution is 2.35. The van der Waals surface area contributed by atoms with Gasteiger partial charge in [-0.2, -0.15) is 5.10 Å². The fourth-order valence-corrected chi connectivity index (χ4v) is 2.88. The molecular weight excluding hydrogens is 246 g/mol. The van der Waals surface area contributed by atoms with Crippen molar-refractivity contribution < 1.29 is 0 Å². The molecule has 0 radical (unpaired) electrons. The van der Waals surface area contributed by atoms with E-state index in [4.69, 9.17) is 11.6 Å². The summed E-state index contributed by atoms with van der Waals surface area (Å²) >= 11 is 5.91. The van der Waals surface area contributed by atoms with Crippen LogP contribution in [0, 0.1) is 11.3 Å². The van der Waals surface area contributed by atoms with Gasteiger partial charge in [0, 0.05) is 19.2 Å². The number of hydrogen-bond acceptors (Lipinski definition) is 3. The van der Waals surface area contributed by atoms with E-state index in [0.717, 1.165) is 24.7 Å². The Labute approximate surface area is 115 Å². The lowest BCUT2D eigenvalue weighted by molar-refractivity contribution is 0.220. The molecule has 0 aromatic carbocycles. The SMILES string of the molecule is CC(C)(C)C1CCCN(c2cnnc(Cl)c2)CC1. The van der Waals surface area contributed by atoms with Crippen molar-refractivity contribution in [2.45, 2.75) is 40.0 Å². The van der Waals surface area contributed by atoms with Gasteiger partial charge in [0.2, 0.25) is 0 Å². The molecule has 1 unspecified atom stereocenters. The molecule has 0 spiro atoms. The molecule has 3 nitrogen and oxygen atoms in total. The van der Waals surface area contributed by atoms with Crippen molar-refractivity contribution in [2.75, 3.05) is 18.0 Å². The molecule has 1 atom stereocenters. The van der Waals surface area contributed by atoms with E-state index in [1.165, 1.54) is 19.3 Å². The Kier molecular flexibility index (Phi) is 4.10. The first-order valence-corrected chi connectivity index (χ1v) is 7.08. The summed E-state index contributed by atoms with van der Waals surface area (Å²) in [5, 5.41) is 8.21. The van der Waals surface area contributed by atoms with Crippen LogP contribution >= 0.6 is 11.6 Å². The second-order valence-electron chi connectivity index (χ2n) is 6.22. The molecule has 1 fully saturated rings. The van der Waals surface area contributed by atoms with Gasteiger partial charge in [0.15, 0.2) is 5.15 Å². The Bertz CT molecular complexity index is 400. The summed E-state index contributed by atoms with van der Waals surface area (Å²) in [7, 11) is 0. The number of rotatable bonds is 1. The first kappa shape index (κ1) is 13.6. The van der Waals surface area contributed by atoms with Gasteiger partial charge in [0.1, 0.15) is 0 Å².